The van der Waals surface area contributed by atoms with Crippen molar-refractivity contribution >= 4 is 23.4 Å². The zero-order valence-electron chi connectivity index (χ0n) is 13.9. The summed E-state index contributed by atoms with van der Waals surface area (Å²) in [5.74, 6) is 1.30. The molecule has 0 aliphatic carbocycles. The summed E-state index contributed by atoms with van der Waals surface area (Å²) in [6.07, 6.45) is 12.4. The second-order valence-corrected chi connectivity index (χ2v) is 6.88. The van der Waals surface area contributed by atoms with Crippen molar-refractivity contribution in [3.63, 3.8) is 0 Å². The minimum absolute atomic E-state index is 0.107. The van der Waals surface area contributed by atoms with Crippen molar-refractivity contribution in [1.82, 2.24) is 0 Å². The van der Waals surface area contributed by atoms with E-state index in [9.17, 15) is 0 Å². The van der Waals surface area contributed by atoms with Gasteiger partial charge in [0.05, 0.1) is 5.69 Å². The molecular weight excluding hydrogens is 290 g/mol. The van der Waals surface area contributed by atoms with Crippen molar-refractivity contribution in [2.24, 2.45) is 16.5 Å². The minimum Gasteiger partial charge on any atom is -0.370 e. The molecule has 1 aromatic carbocycles. The molecule has 0 saturated carbocycles. The van der Waals surface area contributed by atoms with Gasteiger partial charge in [-0.25, -0.2) is 4.99 Å². The molecule has 0 amide bonds. The fourth-order valence-corrected chi connectivity index (χ4v) is 3.28. The van der Waals surface area contributed by atoms with Crippen molar-refractivity contribution in [3.8, 4) is 0 Å². The first-order valence-corrected chi connectivity index (χ1v) is 9.53. The molecule has 4 N–H and O–H groups in total. The lowest BCUT2D eigenvalue weighted by Gasteiger charge is -2.03. The highest BCUT2D eigenvalue weighted by Crippen LogP contribution is 2.23. The lowest BCUT2D eigenvalue weighted by molar-refractivity contribution is 0.573. The van der Waals surface area contributed by atoms with E-state index in [-0.39, 0.29) is 5.96 Å². The summed E-state index contributed by atoms with van der Waals surface area (Å²) in [5.41, 5.74) is 11.5. The summed E-state index contributed by atoms with van der Waals surface area (Å²) >= 11 is 1.91. The second-order valence-electron chi connectivity index (χ2n) is 5.71. The zero-order valence-corrected chi connectivity index (χ0v) is 14.7. The monoisotopic (exact) mass is 321 g/mol. The first-order chi connectivity index (χ1) is 10.7. The molecule has 0 aromatic heterocycles. The standard InChI is InChI=1S/C18H31N3S/c1-2-3-4-5-6-7-8-9-10-15-22-17-13-11-16(12-14-17)21-18(19)20/h11-14H,2-10,15H2,1H3,(H4,19,20,21). The van der Waals surface area contributed by atoms with Gasteiger partial charge in [-0.05, 0) is 36.4 Å². The Kier molecular flexibility index (Phi) is 10.6. The van der Waals surface area contributed by atoms with Gasteiger partial charge in [-0.3, -0.25) is 0 Å². The number of nitrogens with zero attached hydrogens (tertiary/aromatic N) is 1. The number of aliphatic imine (C=N–C) groups is 1. The van der Waals surface area contributed by atoms with E-state index in [4.69, 9.17) is 11.5 Å². The maximum absolute atomic E-state index is 5.36. The molecule has 0 bridgehead atoms. The fourth-order valence-electron chi connectivity index (χ4n) is 2.37. The molecule has 124 valence electrons. The summed E-state index contributed by atoms with van der Waals surface area (Å²) < 4.78 is 0. The minimum atomic E-state index is 0.107. The Morgan fingerprint density at radius 2 is 1.41 bits per heavy atom. The van der Waals surface area contributed by atoms with Crippen LogP contribution in [0.3, 0.4) is 0 Å². The van der Waals surface area contributed by atoms with E-state index >= 15 is 0 Å². The Morgan fingerprint density at radius 1 is 0.864 bits per heavy atom. The van der Waals surface area contributed by atoms with Gasteiger partial charge in [0.15, 0.2) is 5.96 Å². The molecule has 1 aromatic rings. The Morgan fingerprint density at radius 3 is 1.95 bits per heavy atom. The lowest BCUT2D eigenvalue weighted by atomic mass is 10.1. The van der Waals surface area contributed by atoms with Crippen LogP contribution in [0.2, 0.25) is 0 Å². The molecule has 0 saturated heterocycles. The summed E-state index contributed by atoms with van der Waals surface area (Å²) in [7, 11) is 0. The number of nitrogens with two attached hydrogens (primary N) is 2. The van der Waals surface area contributed by atoms with Crippen LogP contribution >= 0.6 is 11.8 Å². The molecule has 1 rings (SSSR count). The van der Waals surface area contributed by atoms with E-state index in [1.165, 1.54) is 68.4 Å². The van der Waals surface area contributed by atoms with Crippen LogP contribution in [-0.4, -0.2) is 11.7 Å². The number of unbranched alkanes of at least 4 members (excludes halogenated alkanes) is 8. The zero-order chi connectivity index (χ0) is 16.0. The van der Waals surface area contributed by atoms with Gasteiger partial charge in [0, 0.05) is 4.90 Å². The second kappa shape index (κ2) is 12.4. The quantitative estimate of drug-likeness (QED) is 0.240. The highest BCUT2D eigenvalue weighted by molar-refractivity contribution is 7.99. The van der Waals surface area contributed by atoms with Crippen molar-refractivity contribution in [1.29, 1.82) is 0 Å². The maximum Gasteiger partial charge on any atom is 0.191 e. The van der Waals surface area contributed by atoms with Crippen LogP contribution in [-0.2, 0) is 0 Å². The van der Waals surface area contributed by atoms with Gasteiger partial charge < -0.3 is 11.5 Å². The Hall–Kier alpha value is -1.16. The van der Waals surface area contributed by atoms with Crippen LogP contribution in [0.4, 0.5) is 5.69 Å². The number of rotatable bonds is 12. The Bertz CT molecular complexity index is 411. The van der Waals surface area contributed by atoms with Crippen LogP contribution in [0.25, 0.3) is 0 Å². The molecule has 0 heterocycles. The van der Waals surface area contributed by atoms with Gasteiger partial charge in [-0.2, -0.15) is 0 Å². The maximum atomic E-state index is 5.36. The van der Waals surface area contributed by atoms with Crippen molar-refractivity contribution in [2.75, 3.05) is 5.75 Å². The first kappa shape index (κ1) is 18.9. The normalized spacial score (nSPS) is 10.6. The fraction of sp³-hybridized carbons (Fsp3) is 0.611. The van der Waals surface area contributed by atoms with Gasteiger partial charge in [0.1, 0.15) is 0 Å². The first-order valence-electron chi connectivity index (χ1n) is 8.55. The number of hydrogen-bond acceptors (Lipinski definition) is 2. The Labute approximate surface area is 140 Å². The van der Waals surface area contributed by atoms with E-state index in [2.05, 4.69) is 24.0 Å². The van der Waals surface area contributed by atoms with Gasteiger partial charge in [-0.1, -0.05) is 58.3 Å². The van der Waals surface area contributed by atoms with Crippen LogP contribution in [0.15, 0.2) is 34.2 Å². The van der Waals surface area contributed by atoms with Crippen LogP contribution < -0.4 is 11.5 Å². The van der Waals surface area contributed by atoms with E-state index in [0.717, 1.165) is 5.69 Å². The summed E-state index contributed by atoms with van der Waals surface area (Å²) in [6.45, 7) is 2.27. The van der Waals surface area contributed by atoms with E-state index in [0.29, 0.717) is 0 Å². The van der Waals surface area contributed by atoms with Gasteiger partial charge >= 0.3 is 0 Å². The number of guanidine groups is 1. The smallest absolute Gasteiger partial charge is 0.191 e. The topological polar surface area (TPSA) is 64.4 Å². The number of hydrogen-bond donors (Lipinski definition) is 2. The largest absolute Gasteiger partial charge is 0.370 e. The summed E-state index contributed by atoms with van der Waals surface area (Å²) in [6, 6.07) is 8.08. The third-order valence-electron chi connectivity index (χ3n) is 3.61. The third-order valence-corrected chi connectivity index (χ3v) is 4.71. The van der Waals surface area contributed by atoms with Gasteiger partial charge in [0.2, 0.25) is 0 Å². The molecule has 0 fully saturated rings. The van der Waals surface area contributed by atoms with Crippen molar-refractivity contribution in [2.45, 2.75) is 69.6 Å². The van der Waals surface area contributed by atoms with E-state index in [1.807, 2.05) is 23.9 Å². The predicted octanol–water partition coefficient (Wildman–Crippen LogP) is 5.21. The van der Waals surface area contributed by atoms with Crippen molar-refractivity contribution < 1.29 is 0 Å². The molecule has 0 aliphatic rings. The molecule has 0 unspecified atom stereocenters. The average Bonchev–Trinajstić information content (AvgIpc) is 2.50. The molecular formula is C18H31N3S. The molecule has 22 heavy (non-hydrogen) atoms. The highest BCUT2D eigenvalue weighted by Gasteiger charge is 1.96. The summed E-state index contributed by atoms with van der Waals surface area (Å²) in [4.78, 5) is 5.31. The molecule has 0 atom stereocenters. The summed E-state index contributed by atoms with van der Waals surface area (Å²) in [5, 5.41) is 0. The number of benzene rings is 1. The molecule has 0 radical (unpaired) electrons. The van der Waals surface area contributed by atoms with Crippen LogP contribution in [0.5, 0.6) is 0 Å². The van der Waals surface area contributed by atoms with Crippen molar-refractivity contribution in [3.05, 3.63) is 24.3 Å². The molecule has 3 nitrogen and oxygen atoms in total. The third kappa shape index (κ3) is 9.72. The van der Waals surface area contributed by atoms with E-state index in [1.54, 1.807) is 0 Å². The van der Waals surface area contributed by atoms with Gasteiger partial charge in [-0.15, -0.1) is 11.8 Å². The van der Waals surface area contributed by atoms with Crippen LogP contribution in [0, 0.1) is 0 Å². The Balaban J connectivity index is 2.02. The van der Waals surface area contributed by atoms with E-state index < -0.39 is 0 Å². The average molecular weight is 322 g/mol. The molecule has 0 aliphatic heterocycles. The SMILES string of the molecule is CCCCCCCCCCCSc1ccc(N=C(N)N)cc1. The molecule has 4 heteroatoms. The van der Waals surface area contributed by atoms with Crippen LogP contribution in [0.1, 0.15) is 64.7 Å². The molecule has 0 spiro atoms. The lowest BCUT2D eigenvalue weighted by Crippen LogP contribution is -2.21. The predicted molar refractivity (Wildman–Crippen MR) is 99.9 cm³/mol. The highest BCUT2D eigenvalue weighted by atomic mass is 32.2. The number of thioether (sulfide) groups is 1. The van der Waals surface area contributed by atoms with Gasteiger partial charge in [0.25, 0.3) is 0 Å².